The summed E-state index contributed by atoms with van der Waals surface area (Å²) in [4.78, 5) is 27.8. The second kappa shape index (κ2) is 10.5. The van der Waals surface area contributed by atoms with Gasteiger partial charge in [-0.2, -0.15) is 0 Å². The first kappa shape index (κ1) is 24.1. The Bertz CT molecular complexity index is 1230. The van der Waals surface area contributed by atoms with Crippen molar-refractivity contribution < 1.29 is 28.6 Å². The van der Waals surface area contributed by atoms with Gasteiger partial charge in [0.15, 0.2) is 11.5 Å². The minimum Gasteiger partial charge on any atom is -0.507 e. The molecule has 7 heteroatoms. The quantitative estimate of drug-likeness (QED) is 0.253. The molecule has 0 saturated carbocycles. The van der Waals surface area contributed by atoms with Crippen LogP contribution >= 0.6 is 0 Å². The Morgan fingerprint density at radius 2 is 1.80 bits per heavy atom. The lowest BCUT2D eigenvalue weighted by Gasteiger charge is -2.25. The van der Waals surface area contributed by atoms with Crippen molar-refractivity contribution in [2.75, 3.05) is 13.2 Å². The number of likely N-dealkylation sites (tertiary alicyclic amines) is 1. The standard InChI is InChI=1S/C28H29NO6/c1-4-14-35-22-13-12-20(16-23(22)33-5-2)25-24(26(30)19-10-8-18(3)9-11-19)27(31)28(32)29(25)17-21-7-6-15-34-21/h6-13,15-16,25,30H,4-5,14,17H2,1-3H3/b26-24+. The molecule has 4 rings (SSSR count). The van der Waals surface area contributed by atoms with Crippen molar-refractivity contribution in [3.05, 3.63) is 88.9 Å². The number of furan rings is 1. The Morgan fingerprint density at radius 3 is 2.46 bits per heavy atom. The minimum atomic E-state index is -0.833. The number of rotatable bonds is 9. The highest BCUT2D eigenvalue weighted by Crippen LogP contribution is 2.42. The number of carbonyl (C=O) groups excluding carboxylic acids is 2. The summed E-state index contributed by atoms with van der Waals surface area (Å²) in [7, 11) is 0. The molecule has 1 saturated heterocycles. The highest BCUT2D eigenvalue weighted by molar-refractivity contribution is 6.46. The molecule has 0 bridgehead atoms. The summed E-state index contributed by atoms with van der Waals surface area (Å²) in [5.74, 6) is -0.0516. The fourth-order valence-corrected chi connectivity index (χ4v) is 4.12. The van der Waals surface area contributed by atoms with Gasteiger partial charge in [-0.25, -0.2) is 0 Å². The summed E-state index contributed by atoms with van der Waals surface area (Å²) in [5.41, 5.74) is 2.12. The number of ether oxygens (including phenoxy) is 2. The van der Waals surface area contributed by atoms with Crippen LogP contribution in [0.5, 0.6) is 11.5 Å². The zero-order valence-electron chi connectivity index (χ0n) is 20.1. The Kier molecular flexibility index (Phi) is 7.25. The third-order valence-electron chi connectivity index (χ3n) is 5.82. The van der Waals surface area contributed by atoms with Gasteiger partial charge in [-0.1, -0.05) is 42.8 Å². The van der Waals surface area contributed by atoms with Gasteiger partial charge in [0.05, 0.1) is 37.6 Å². The maximum absolute atomic E-state index is 13.2. The largest absolute Gasteiger partial charge is 0.507 e. The first-order valence-electron chi connectivity index (χ1n) is 11.7. The molecule has 0 spiro atoms. The summed E-state index contributed by atoms with van der Waals surface area (Å²) in [6.07, 6.45) is 2.35. The molecule has 0 radical (unpaired) electrons. The SMILES string of the molecule is CCCOc1ccc(C2/C(=C(\O)c3ccc(C)cc3)C(=O)C(=O)N2Cc2ccco2)cc1OCC. The molecule has 2 aromatic carbocycles. The Hall–Kier alpha value is -4.00. The highest BCUT2D eigenvalue weighted by Gasteiger charge is 2.46. The fraction of sp³-hybridized carbons (Fsp3) is 0.286. The summed E-state index contributed by atoms with van der Waals surface area (Å²) in [6.45, 7) is 6.85. The number of aliphatic hydroxyl groups is 1. The van der Waals surface area contributed by atoms with Crippen LogP contribution in [0.15, 0.2) is 70.9 Å². The number of hydrogen-bond donors (Lipinski definition) is 1. The molecule has 182 valence electrons. The van der Waals surface area contributed by atoms with E-state index in [-0.39, 0.29) is 17.9 Å². The van der Waals surface area contributed by atoms with Crippen molar-refractivity contribution >= 4 is 17.4 Å². The van der Waals surface area contributed by atoms with Crippen LogP contribution in [0.25, 0.3) is 5.76 Å². The summed E-state index contributed by atoms with van der Waals surface area (Å²) >= 11 is 0. The molecule has 2 heterocycles. The molecule has 1 aliphatic heterocycles. The van der Waals surface area contributed by atoms with Gasteiger partial charge >= 0.3 is 0 Å². The number of amides is 1. The molecule has 7 nitrogen and oxygen atoms in total. The van der Waals surface area contributed by atoms with Gasteiger partial charge in [0, 0.05) is 5.56 Å². The number of carbonyl (C=O) groups is 2. The monoisotopic (exact) mass is 475 g/mol. The second-order valence-electron chi connectivity index (χ2n) is 8.36. The molecule has 35 heavy (non-hydrogen) atoms. The van der Waals surface area contributed by atoms with Crippen LogP contribution in [0.3, 0.4) is 0 Å². The maximum atomic E-state index is 13.2. The third kappa shape index (κ3) is 4.94. The van der Waals surface area contributed by atoms with E-state index in [1.807, 2.05) is 32.9 Å². The van der Waals surface area contributed by atoms with Crippen molar-refractivity contribution in [2.24, 2.45) is 0 Å². The van der Waals surface area contributed by atoms with E-state index >= 15 is 0 Å². The Balaban J connectivity index is 1.85. The average Bonchev–Trinajstić information content (AvgIpc) is 3.46. The van der Waals surface area contributed by atoms with E-state index in [2.05, 4.69) is 0 Å². The van der Waals surface area contributed by atoms with Gasteiger partial charge in [0.1, 0.15) is 11.5 Å². The van der Waals surface area contributed by atoms with Crippen LogP contribution in [-0.4, -0.2) is 34.9 Å². The van der Waals surface area contributed by atoms with Gasteiger partial charge in [-0.15, -0.1) is 0 Å². The van der Waals surface area contributed by atoms with Crippen LogP contribution in [0.4, 0.5) is 0 Å². The second-order valence-corrected chi connectivity index (χ2v) is 8.36. The average molecular weight is 476 g/mol. The lowest BCUT2D eigenvalue weighted by Crippen LogP contribution is -2.29. The predicted octanol–water partition coefficient (Wildman–Crippen LogP) is 5.40. The molecule has 0 aliphatic carbocycles. The number of hydrogen-bond acceptors (Lipinski definition) is 6. The Morgan fingerprint density at radius 1 is 1.03 bits per heavy atom. The van der Waals surface area contributed by atoms with E-state index in [4.69, 9.17) is 13.9 Å². The van der Waals surface area contributed by atoms with E-state index in [0.717, 1.165) is 12.0 Å². The van der Waals surface area contributed by atoms with Crippen LogP contribution in [-0.2, 0) is 16.1 Å². The number of aryl methyl sites for hydroxylation is 1. The molecule has 1 amide bonds. The minimum absolute atomic E-state index is 0.0232. The third-order valence-corrected chi connectivity index (χ3v) is 5.82. The van der Waals surface area contributed by atoms with E-state index in [0.29, 0.717) is 41.6 Å². The summed E-state index contributed by atoms with van der Waals surface area (Å²) < 4.78 is 17.1. The van der Waals surface area contributed by atoms with Crippen LogP contribution in [0, 0.1) is 6.92 Å². The van der Waals surface area contributed by atoms with Crippen molar-refractivity contribution in [2.45, 2.75) is 39.8 Å². The zero-order chi connectivity index (χ0) is 24.9. The van der Waals surface area contributed by atoms with E-state index < -0.39 is 17.7 Å². The number of benzene rings is 2. The molecule has 1 atom stereocenters. The van der Waals surface area contributed by atoms with E-state index in [1.165, 1.54) is 11.2 Å². The lowest BCUT2D eigenvalue weighted by molar-refractivity contribution is -0.140. The number of aliphatic hydroxyl groups excluding tert-OH is 1. The van der Waals surface area contributed by atoms with Gasteiger partial charge in [0.2, 0.25) is 0 Å². The van der Waals surface area contributed by atoms with Gasteiger partial charge < -0.3 is 23.9 Å². The normalized spacial score (nSPS) is 17.1. The van der Waals surface area contributed by atoms with Crippen LogP contribution in [0.1, 0.15) is 48.8 Å². The van der Waals surface area contributed by atoms with Crippen molar-refractivity contribution in [3.8, 4) is 11.5 Å². The van der Waals surface area contributed by atoms with Crippen LogP contribution in [0.2, 0.25) is 0 Å². The van der Waals surface area contributed by atoms with Gasteiger partial charge in [-0.3, -0.25) is 9.59 Å². The molecule has 1 N–H and O–H groups in total. The fourth-order valence-electron chi connectivity index (χ4n) is 4.12. The van der Waals surface area contributed by atoms with Gasteiger partial charge in [0.25, 0.3) is 11.7 Å². The highest BCUT2D eigenvalue weighted by atomic mass is 16.5. The molecular weight excluding hydrogens is 446 g/mol. The summed E-state index contributed by atoms with van der Waals surface area (Å²) in [6, 6.07) is 15.1. The number of nitrogens with zero attached hydrogens (tertiary/aromatic N) is 1. The molecule has 1 fully saturated rings. The van der Waals surface area contributed by atoms with Crippen molar-refractivity contribution in [1.82, 2.24) is 4.90 Å². The first-order valence-corrected chi connectivity index (χ1v) is 11.7. The van der Waals surface area contributed by atoms with Crippen molar-refractivity contribution in [3.63, 3.8) is 0 Å². The number of ketones is 1. The lowest BCUT2D eigenvalue weighted by atomic mass is 9.94. The smallest absolute Gasteiger partial charge is 0.296 e. The molecule has 3 aromatic rings. The van der Waals surface area contributed by atoms with E-state index in [1.54, 1.807) is 42.5 Å². The van der Waals surface area contributed by atoms with Gasteiger partial charge in [-0.05, 0) is 50.1 Å². The van der Waals surface area contributed by atoms with E-state index in [9.17, 15) is 14.7 Å². The topological polar surface area (TPSA) is 89.2 Å². The predicted molar refractivity (Wildman–Crippen MR) is 131 cm³/mol. The summed E-state index contributed by atoms with van der Waals surface area (Å²) in [5, 5.41) is 11.2. The maximum Gasteiger partial charge on any atom is 0.296 e. The molecule has 1 aliphatic rings. The molecular formula is C28H29NO6. The zero-order valence-corrected chi connectivity index (χ0v) is 20.1. The Labute approximate surface area is 204 Å². The number of Topliss-reactive ketones (excluding diaryl/α,β-unsaturated/α-hetero) is 1. The van der Waals surface area contributed by atoms with Crippen molar-refractivity contribution in [1.29, 1.82) is 0 Å². The first-order chi connectivity index (χ1) is 16.9. The molecule has 1 aromatic heterocycles. The van der Waals surface area contributed by atoms with Crippen LogP contribution < -0.4 is 9.47 Å². The molecule has 1 unspecified atom stereocenters.